The van der Waals surface area contributed by atoms with E-state index in [1.54, 1.807) is 14.2 Å². The Morgan fingerprint density at radius 3 is 0.839 bits per heavy atom. The van der Waals surface area contributed by atoms with Crippen molar-refractivity contribution in [3.8, 4) is 71.0 Å². The van der Waals surface area contributed by atoms with Gasteiger partial charge in [-0.2, -0.15) is 0 Å². The number of benzene rings is 9. The summed E-state index contributed by atoms with van der Waals surface area (Å²) in [6.07, 6.45) is 0.398. The Morgan fingerprint density at radius 2 is 0.538 bits per heavy atom. The maximum absolute atomic E-state index is 7.33. The highest BCUT2D eigenvalue weighted by Crippen LogP contribution is 2.57. The molecule has 0 spiro atoms. The molecule has 1 aliphatic carbocycles. The van der Waals surface area contributed by atoms with Gasteiger partial charge in [0.25, 0.3) is 0 Å². The molecule has 0 aromatic heterocycles. The highest BCUT2D eigenvalue weighted by atomic mass is 16.5. The second kappa shape index (κ2) is 25.4. The van der Waals surface area contributed by atoms with Crippen LogP contribution in [0, 0.1) is 71.0 Å². The zero-order chi connectivity index (χ0) is 67.1. The van der Waals surface area contributed by atoms with Crippen molar-refractivity contribution in [3.63, 3.8) is 0 Å². The van der Waals surface area contributed by atoms with E-state index < -0.39 is 11.2 Å². The molecule has 2 atom stereocenters. The third-order valence-electron chi connectivity index (χ3n) is 18.1. The summed E-state index contributed by atoms with van der Waals surface area (Å²) in [5.74, 6) is 44.5. The number of hydrogen-bond donors (Lipinski definition) is 0. The average Bonchev–Trinajstić information content (AvgIpc) is 0.675. The van der Waals surface area contributed by atoms with Crippen LogP contribution in [0.15, 0.2) is 170 Å². The van der Waals surface area contributed by atoms with E-state index in [0.717, 1.165) is 88.3 Å². The van der Waals surface area contributed by atoms with Crippen LogP contribution in [0.25, 0.3) is 21.5 Å². The first-order chi connectivity index (χ1) is 43.7. The third-order valence-corrected chi connectivity index (χ3v) is 18.1. The molecule has 0 amide bonds. The first-order valence-corrected chi connectivity index (χ1v) is 32.7. The second-order valence-electron chi connectivity index (χ2n) is 31.2. The number of hydrogen-bond acceptors (Lipinski definition) is 2. The van der Waals surface area contributed by atoms with Gasteiger partial charge >= 0.3 is 0 Å². The fourth-order valence-corrected chi connectivity index (χ4v) is 12.1. The summed E-state index contributed by atoms with van der Waals surface area (Å²) in [6.45, 7) is 40.2. The quantitative estimate of drug-likeness (QED) is 0.130. The minimum absolute atomic E-state index is 0.0122. The molecule has 2 nitrogen and oxygen atoms in total. The zero-order valence-electron chi connectivity index (χ0n) is 58.7. The standard InChI is InChI=1S/C91H90O2/c1-84(2,3)70-40-26-62(27-41-70)22-21-23-68-58-78-76(52-38-64-30-44-72(45-31-64)86(7,8)9)77(53-39-65-32-46-73(47-33-65)87(10,11)12)79-59-69(25-24-63-28-42-71(43-29-63)85(4,5)6)61-81-83(79)82(78)80(60-68)90(92-19,56-54-66-34-48-74(49-35-66)88(13,14)15)91(81,93-20)57-55-67-36-50-75(51-37-67)89(16,17)18/h26-37,40-51,58-61H,23H2,1-20H3. The zero-order valence-corrected chi connectivity index (χ0v) is 58.7. The molecule has 2 unspecified atom stereocenters. The van der Waals surface area contributed by atoms with E-state index in [9.17, 15) is 0 Å². The lowest BCUT2D eigenvalue weighted by Gasteiger charge is -2.47. The summed E-state index contributed by atoms with van der Waals surface area (Å²) in [5, 5.41) is 3.58. The van der Waals surface area contributed by atoms with Crippen molar-refractivity contribution in [1.29, 1.82) is 0 Å². The minimum Gasteiger partial charge on any atom is -0.357 e. The Balaban J connectivity index is 1.39. The normalized spacial score (nSPS) is 15.4. The van der Waals surface area contributed by atoms with Crippen LogP contribution >= 0.6 is 0 Å². The topological polar surface area (TPSA) is 18.5 Å². The van der Waals surface area contributed by atoms with Gasteiger partial charge in [-0.3, -0.25) is 0 Å². The predicted molar refractivity (Wildman–Crippen MR) is 392 cm³/mol. The van der Waals surface area contributed by atoms with Crippen LogP contribution in [0.2, 0.25) is 0 Å². The Labute approximate surface area is 557 Å². The SMILES string of the molecule is COC1(C#Cc2ccc(C(C)(C)C)cc2)c2cc(C#Cc3ccc(C(C)(C)C)cc3)cc3c(C#Cc4ccc(C(C)(C)C)cc4)c(C#Cc4ccc(C(C)(C)C)cc4)c4cc(CC#Cc5ccc(C(C)(C)C)cc5)cc(c4c23)C1(C#Cc1ccc(C(C)(C)C)cc1)OC. The van der Waals surface area contributed by atoms with Crippen molar-refractivity contribution < 1.29 is 9.47 Å². The Bertz CT molecular complexity index is 4720. The molecule has 9 aromatic rings. The lowest BCUT2D eigenvalue weighted by atomic mass is 9.65. The van der Waals surface area contributed by atoms with Crippen LogP contribution in [-0.4, -0.2) is 14.2 Å². The fraction of sp³-hybridized carbons (Fsp3) is 0.319. The first-order valence-electron chi connectivity index (χ1n) is 32.7. The van der Waals surface area contributed by atoms with E-state index in [4.69, 9.17) is 9.47 Å². The maximum Gasteiger partial charge on any atom is 0.199 e. The fourth-order valence-electron chi connectivity index (χ4n) is 12.1. The molecule has 0 radical (unpaired) electrons. The molecular formula is C91H90O2. The smallest absolute Gasteiger partial charge is 0.199 e. The van der Waals surface area contributed by atoms with E-state index in [0.29, 0.717) is 6.42 Å². The lowest BCUT2D eigenvalue weighted by Crippen LogP contribution is -2.52. The maximum atomic E-state index is 7.33. The number of ether oxygens (including phenoxy) is 2. The van der Waals surface area contributed by atoms with Crippen molar-refractivity contribution in [2.45, 2.75) is 175 Å². The van der Waals surface area contributed by atoms with Crippen LogP contribution in [0.3, 0.4) is 0 Å². The molecule has 2 heteroatoms. The van der Waals surface area contributed by atoms with Crippen LogP contribution in [-0.2, 0) is 59.6 Å². The molecule has 0 bridgehead atoms. The molecule has 0 saturated heterocycles. The lowest BCUT2D eigenvalue weighted by molar-refractivity contribution is -0.132. The van der Waals surface area contributed by atoms with Crippen molar-refractivity contribution in [2.75, 3.05) is 14.2 Å². The molecule has 1 aliphatic rings. The van der Waals surface area contributed by atoms with Gasteiger partial charge in [0, 0.05) is 87.2 Å². The molecule has 93 heavy (non-hydrogen) atoms. The molecule has 466 valence electrons. The van der Waals surface area contributed by atoms with Gasteiger partial charge in [-0.1, -0.05) is 275 Å². The minimum atomic E-state index is -1.62. The van der Waals surface area contributed by atoms with Crippen molar-refractivity contribution >= 4 is 21.5 Å². The summed E-state index contributed by atoms with van der Waals surface area (Å²) in [6, 6.07) is 60.4. The van der Waals surface area contributed by atoms with Gasteiger partial charge in [-0.05, 0) is 179 Å². The second-order valence-corrected chi connectivity index (χ2v) is 31.2. The largest absolute Gasteiger partial charge is 0.357 e. The van der Waals surface area contributed by atoms with Crippen LogP contribution in [0.1, 0.15) is 225 Å². The summed E-state index contributed by atoms with van der Waals surface area (Å²) in [7, 11) is 3.48. The molecule has 0 aliphatic heterocycles. The van der Waals surface area contributed by atoms with E-state index >= 15 is 0 Å². The summed E-state index contributed by atoms with van der Waals surface area (Å²) < 4.78 is 14.7. The van der Waals surface area contributed by atoms with E-state index in [1.807, 2.05) is 0 Å². The Morgan fingerprint density at radius 1 is 0.280 bits per heavy atom. The van der Waals surface area contributed by atoms with Crippen molar-refractivity contribution in [3.05, 3.63) is 270 Å². The summed E-state index contributed by atoms with van der Waals surface area (Å²) >= 11 is 0. The van der Waals surface area contributed by atoms with E-state index in [-0.39, 0.29) is 32.5 Å². The van der Waals surface area contributed by atoms with Gasteiger partial charge in [0.05, 0.1) is 0 Å². The monoisotopic (exact) mass is 1210 g/mol. The molecule has 0 heterocycles. The van der Waals surface area contributed by atoms with Gasteiger partial charge in [0.2, 0.25) is 0 Å². The van der Waals surface area contributed by atoms with Gasteiger partial charge in [0.1, 0.15) is 0 Å². The van der Waals surface area contributed by atoms with E-state index in [1.165, 1.54) is 33.4 Å². The Hall–Kier alpha value is -9.22. The molecular weight excluding hydrogens is 1120 g/mol. The van der Waals surface area contributed by atoms with Crippen molar-refractivity contribution in [1.82, 2.24) is 0 Å². The van der Waals surface area contributed by atoms with Crippen molar-refractivity contribution in [2.24, 2.45) is 0 Å². The highest BCUT2D eigenvalue weighted by Gasteiger charge is 2.58. The van der Waals surface area contributed by atoms with Crippen LogP contribution < -0.4 is 0 Å². The number of methoxy groups -OCH3 is 2. The van der Waals surface area contributed by atoms with Gasteiger partial charge in [-0.25, -0.2) is 0 Å². The van der Waals surface area contributed by atoms with Gasteiger partial charge in [-0.15, -0.1) is 0 Å². The van der Waals surface area contributed by atoms with E-state index in [2.05, 4.69) is 366 Å². The first kappa shape index (κ1) is 66.7. The van der Waals surface area contributed by atoms with Crippen LogP contribution in [0.4, 0.5) is 0 Å². The highest BCUT2D eigenvalue weighted by molar-refractivity contribution is 6.18. The summed E-state index contributed by atoms with van der Waals surface area (Å²) in [4.78, 5) is 0. The predicted octanol–water partition coefficient (Wildman–Crippen LogP) is 20.4. The molecule has 0 N–H and O–H groups in total. The van der Waals surface area contributed by atoms with Gasteiger partial charge < -0.3 is 9.47 Å². The third kappa shape index (κ3) is 14.2. The van der Waals surface area contributed by atoms with Gasteiger partial charge in [0.15, 0.2) is 11.2 Å². The summed E-state index contributed by atoms with van der Waals surface area (Å²) in [5.41, 5.74) is 13.9. The molecule has 9 aromatic carbocycles. The molecule has 10 rings (SSSR count). The molecule has 0 saturated carbocycles. The Kier molecular flexibility index (Phi) is 18.2. The molecule has 0 fully saturated rings. The van der Waals surface area contributed by atoms with Crippen LogP contribution in [0.5, 0.6) is 0 Å². The average molecular weight is 1220 g/mol. The number of rotatable bonds is 3.